The van der Waals surface area contributed by atoms with Crippen molar-refractivity contribution in [3.05, 3.63) is 59.4 Å². The van der Waals surface area contributed by atoms with Crippen LogP contribution in [-0.4, -0.2) is 25.1 Å². The number of carbonyl (C=O) groups excluding carboxylic acids is 2. The van der Waals surface area contributed by atoms with E-state index in [0.29, 0.717) is 22.6 Å². The number of halogens is 1. The predicted octanol–water partition coefficient (Wildman–Crippen LogP) is 3.26. The van der Waals surface area contributed by atoms with Crippen molar-refractivity contribution in [3.8, 4) is 5.75 Å². The Bertz CT molecular complexity index is 776. The quantitative estimate of drug-likeness (QED) is 0.816. The number of rotatable bonds is 6. The van der Waals surface area contributed by atoms with Crippen molar-refractivity contribution in [2.24, 2.45) is 0 Å². The Hall–Kier alpha value is -2.89. The van der Waals surface area contributed by atoms with E-state index in [1.54, 1.807) is 43.3 Å². The Morgan fingerprint density at radius 1 is 1.20 bits per heavy atom. The summed E-state index contributed by atoms with van der Waals surface area (Å²) in [7, 11) is 1.51. The molecule has 0 bridgehead atoms. The van der Waals surface area contributed by atoms with Crippen LogP contribution in [0.2, 0.25) is 0 Å². The zero-order chi connectivity index (χ0) is 18.4. The number of ether oxygens (including phenoxy) is 2. The van der Waals surface area contributed by atoms with Crippen molar-refractivity contribution in [2.45, 2.75) is 26.4 Å². The Balaban J connectivity index is 1.93. The van der Waals surface area contributed by atoms with Crippen LogP contribution in [0.3, 0.4) is 0 Å². The van der Waals surface area contributed by atoms with Gasteiger partial charge in [0.05, 0.1) is 13.5 Å². The van der Waals surface area contributed by atoms with E-state index >= 15 is 0 Å². The first-order chi connectivity index (χ1) is 11.9. The summed E-state index contributed by atoms with van der Waals surface area (Å²) in [4.78, 5) is 24.1. The van der Waals surface area contributed by atoms with E-state index in [-0.39, 0.29) is 6.42 Å². The van der Waals surface area contributed by atoms with Crippen molar-refractivity contribution in [1.29, 1.82) is 0 Å². The molecule has 0 aromatic heterocycles. The van der Waals surface area contributed by atoms with Gasteiger partial charge in [0.25, 0.3) is 5.91 Å². The molecule has 0 aliphatic carbocycles. The smallest absolute Gasteiger partial charge is 0.311 e. The Morgan fingerprint density at radius 3 is 2.60 bits per heavy atom. The summed E-state index contributed by atoms with van der Waals surface area (Å²) < 4.78 is 23.8. The zero-order valence-corrected chi connectivity index (χ0v) is 14.3. The molecule has 0 saturated heterocycles. The van der Waals surface area contributed by atoms with Crippen LogP contribution >= 0.6 is 0 Å². The highest BCUT2D eigenvalue weighted by Crippen LogP contribution is 2.18. The summed E-state index contributed by atoms with van der Waals surface area (Å²) in [6, 6.07) is 11.4. The maximum Gasteiger partial charge on any atom is 0.311 e. The van der Waals surface area contributed by atoms with Crippen LogP contribution in [0, 0.1) is 12.7 Å². The third kappa shape index (κ3) is 5.04. The van der Waals surface area contributed by atoms with E-state index in [1.165, 1.54) is 20.1 Å². The average molecular weight is 345 g/mol. The van der Waals surface area contributed by atoms with Crippen LogP contribution in [0.15, 0.2) is 42.5 Å². The van der Waals surface area contributed by atoms with Gasteiger partial charge in [-0.05, 0) is 37.6 Å². The monoisotopic (exact) mass is 345 g/mol. The summed E-state index contributed by atoms with van der Waals surface area (Å²) in [6.45, 7) is 3.09. The highest BCUT2D eigenvalue weighted by molar-refractivity contribution is 5.95. The molecule has 0 fully saturated rings. The second-order valence-electron chi connectivity index (χ2n) is 5.57. The number of nitrogens with one attached hydrogen (secondary N) is 1. The second-order valence-corrected chi connectivity index (χ2v) is 5.57. The molecule has 0 saturated carbocycles. The fraction of sp³-hybridized carbons (Fsp3) is 0.263. The molecule has 2 rings (SSSR count). The van der Waals surface area contributed by atoms with Crippen LogP contribution in [0.4, 0.5) is 10.1 Å². The second kappa shape index (κ2) is 8.28. The first kappa shape index (κ1) is 18.4. The molecule has 0 aliphatic rings. The highest BCUT2D eigenvalue weighted by Gasteiger charge is 2.19. The Kier molecular flexibility index (Phi) is 6.11. The van der Waals surface area contributed by atoms with Crippen LogP contribution < -0.4 is 10.1 Å². The molecule has 1 atom stereocenters. The molecule has 1 N–H and O–H groups in total. The summed E-state index contributed by atoms with van der Waals surface area (Å²) >= 11 is 0. The minimum Gasteiger partial charge on any atom is -0.496 e. The number of hydrogen-bond acceptors (Lipinski definition) is 4. The maximum absolute atomic E-state index is 13.5. The standard InChI is InChI=1S/C19H20FNO4/c1-12-8-9-15(11-16(12)20)21-19(23)13(2)25-18(22)10-14-6-4-5-7-17(14)24-3/h4-9,11,13H,10H2,1-3H3,(H,21,23)/t13-/m0/s1. The van der Waals surface area contributed by atoms with Gasteiger partial charge in [0.2, 0.25) is 0 Å². The van der Waals surface area contributed by atoms with Crippen LogP contribution in [-0.2, 0) is 20.7 Å². The summed E-state index contributed by atoms with van der Waals surface area (Å²) in [6.07, 6.45) is -1.02. The van der Waals surface area contributed by atoms with E-state index in [0.717, 1.165) is 0 Å². The van der Waals surface area contributed by atoms with E-state index in [1.807, 2.05) is 0 Å². The number of esters is 1. The van der Waals surface area contributed by atoms with Gasteiger partial charge in [0.1, 0.15) is 11.6 Å². The van der Waals surface area contributed by atoms with E-state index in [9.17, 15) is 14.0 Å². The van der Waals surface area contributed by atoms with Gasteiger partial charge in [-0.1, -0.05) is 24.3 Å². The van der Waals surface area contributed by atoms with E-state index in [4.69, 9.17) is 9.47 Å². The SMILES string of the molecule is COc1ccccc1CC(=O)O[C@@H](C)C(=O)Nc1ccc(C)c(F)c1. The molecule has 6 heteroatoms. The number of hydrogen-bond donors (Lipinski definition) is 1. The lowest BCUT2D eigenvalue weighted by molar-refractivity contribution is -0.152. The Labute approximate surface area is 145 Å². The molecule has 1 amide bonds. The number of benzene rings is 2. The molecule has 0 unspecified atom stereocenters. The molecular formula is C19H20FNO4. The van der Waals surface area contributed by atoms with Gasteiger partial charge in [-0.25, -0.2) is 4.39 Å². The van der Waals surface area contributed by atoms with Crippen molar-refractivity contribution in [1.82, 2.24) is 0 Å². The number of carbonyl (C=O) groups is 2. The van der Waals surface area contributed by atoms with Crippen LogP contribution in [0.25, 0.3) is 0 Å². The normalized spacial score (nSPS) is 11.5. The molecule has 5 nitrogen and oxygen atoms in total. The number of amides is 1. The lowest BCUT2D eigenvalue weighted by atomic mass is 10.1. The number of anilines is 1. The Morgan fingerprint density at radius 2 is 1.92 bits per heavy atom. The molecule has 2 aromatic carbocycles. The maximum atomic E-state index is 13.5. The van der Waals surface area contributed by atoms with Crippen molar-refractivity contribution in [3.63, 3.8) is 0 Å². The first-order valence-electron chi connectivity index (χ1n) is 7.79. The fourth-order valence-corrected chi connectivity index (χ4v) is 2.21. The largest absolute Gasteiger partial charge is 0.496 e. The number of methoxy groups -OCH3 is 1. The summed E-state index contributed by atoms with van der Waals surface area (Å²) in [5, 5.41) is 2.52. The molecule has 0 heterocycles. The molecule has 25 heavy (non-hydrogen) atoms. The van der Waals surface area contributed by atoms with Gasteiger partial charge in [-0.15, -0.1) is 0 Å². The number of para-hydroxylation sites is 1. The lowest BCUT2D eigenvalue weighted by Gasteiger charge is -2.14. The molecule has 2 aromatic rings. The third-order valence-corrected chi connectivity index (χ3v) is 3.64. The van der Waals surface area contributed by atoms with Gasteiger partial charge in [-0.2, -0.15) is 0 Å². The van der Waals surface area contributed by atoms with Crippen molar-refractivity contribution in [2.75, 3.05) is 12.4 Å². The summed E-state index contributed by atoms with van der Waals surface area (Å²) in [5.74, 6) is -0.927. The van der Waals surface area contributed by atoms with Gasteiger partial charge in [0.15, 0.2) is 6.10 Å². The number of aryl methyl sites for hydroxylation is 1. The van der Waals surface area contributed by atoms with E-state index in [2.05, 4.69) is 5.32 Å². The predicted molar refractivity (Wildman–Crippen MR) is 92.0 cm³/mol. The van der Waals surface area contributed by atoms with Crippen molar-refractivity contribution >= 4 is 17.6 Å². The minimum atomic E-state index is -1.01. The zero-order valence-electron chi connectivity index (χ0n) is 14.3. The molecule has 0 spiro atoms. The minimum absolute atomic E-state index is 0.0131. The van der Waals surface area contributed by atoms with Gasteiger partial charge < -0.3 is 14.8 Å². The average Bonchev–Trinajstić information content (AvgIpc) is 2.58. The van der Waals surface area contributed by atoms with Crippen LogP contribution in [0.5, 0.6) is 5.75 Å². The fourth-order valence-electron chi connectivity index (χ4n) is 2.21. The van der Waals surface area contributed by atoms with Gasteiger partial charge in [0, 0.05) is 11.3 Å². The third-order valence-electron chi connectivity index (χ3n) is 3.64. The van der Waals surface area contributed by atoms with E-state index < -0.39 is 23.8 Å². The molecular weight excluding hydrogens is 325 g/mol. The lowest BCUT2D eigenvalue weighted by Crippen LogP contribution is -2.30. The first-order valence-corrected chi connectivity index (χ1v) is 7.79. The van der Waals surface area contributed by atoms with Gasteiger partial charge in [-0.3, -0.25) is 9.59 Å². The van der Waals surface area contributed by atoms with Gasteiger partial charge >= 0.3 is 5.97 Å². The highest BCUT2D eigenvalue weighted by atomic mass is 19.1. The summed E-state index contributed by atoms with van der Waals surface area (Å²) in [5.41, 5.74) is 1.46. The van der Waals surface area contributed by atoms with Crippen LogP contribution in [0.1, 0.15) is 18.1 Å². The topological polar surface area (TPSA) is 64.6 Å². The molecule has 0 aliphatic heterocycles. The van der Waals surface area contributed by atoms with Crippen molar-refractivity contribution < 1.29 is 23.5 Å². The molecule has 0 radical (unpaired) electrons. The molecule has 132 valence electrons.